The normalized spacial score (nSPS) is 11.3. The maximum atomic E-state index is 13.2. The number of rotatable bonds is 5. The molecule has 0 aliphatic heterocycles. The molecule has 2 aromatic carbocycles. The highest BCUT2D eigenvalue weighted by atomic mass is 19.1. The maximum Gasteiger partial charge on any atom is 0.335 e. The first-order valence-corrected chi connectivity index (χ1v) is 7.92. The van der Waals surface area contributed by atoms with Crippen LogP contribution in [0.5, 0.6) is 17.2 Å². The molecule has 0 aliphatic carbocycles. The van der Waals surface area contributed by atoms with Gasteiger partial charge in [-0.3, -0.25) is 0 Å². The van der Waals surface area contributed by atoms with Crippen LogP contribution in [0.15, 0.2) is 35.4 Å². The molecule has 0 atom stereocenters. The van der Waals surface area contributed by atoms with Crippen LogP contribution < -0.4 is 10.7 Å². The second kappa shape index (κ2) is 8.19. The molecule has 0 heterocycles. The van der Waals surface area contributed by atoms with Crippen molar-refractivity contribution in [2.75, 3.05) is 0 Å². The Balaban J connectivity index is 2.04. The van der Waals surface area contributed by atoms with Gasteiger partial charge in [0.05, 0.1) is 5.71 Å². The zero-order chi connectivity index (χ0) is 19.3. The SMILES string of the molecule is CC/C(=N\NC(=O)NCc1cc(O)cc(F)c1)c1ccc(O)c(C)c1O. The van der Waals surface area contributed by atoms with Crippen LogP contribution in [0.3, 0.4) is 0 Å². The van der Waals surface area contributed by atoms with E-state index in [1.807, 2.05) is 0 Å². The number of phenols is 3. The zero-order valence-electron chi connectivity index (χ0n) is 14.4. The van der Waals surface area contributed by atoms with Gasteiger partial charge in [-0.05, 0) is 43.2 Å². The lowest BCUT2D eigenvalue weighted by atomic mass is 10.0. The molecule has 7 nitrogen and oxygen atoms in total. The van der Waals surface area contributed by atoms with Gasteiger partial charge in [-0.2, -0.15) is 5.10 Å². The third-order valence-electron chi connectivity index (χ3n) is 3.74. The number of amides is 2. The third-order valence-corrected chi connectivity index (χ3v) is 3.74. The Labute approximate surface area is 149 Å². The number of carbonyl (C=O) groups excluding carboxylic acids is 1. The lowest BCUT2D eigenvalue weighted by Gasteiger charge is -2.11. The summed E-state index contributed by atoms with van der Waals surface area (Å²) in [4.78, 5) is 11.9. The Morgan fingerprint density at radius 1 is 1.19 bits per heavy atom. The van der Waals surface area contributed by atoms with Crippen molar-refractivity contribution in [3.8, 4) is 17.2 Å². The molecule has 5 N–H and O–H groups in total. The van der Waals surface area contributed by atoms with Crippen LogP contribution in [-0.2, 0) is 6.54 Å². The van der Waals surface area contributed by atoms with Crippen LogP contribution in [0, 0.1) is 12.7 Å². The first-order valence-electron chi connectivity index (χ1n) is 7.92. The van der Waals surface area contributed by atoms with Crippen LogP contribution in [-0.4, -0.2) is 27.1 Å². The molecule has 2 rings (SSSR count). The molecule has 2 aromatic rings. The quantitative estimate of drug-likeness (QED) is 0.416. The molecule has 138 valence electrons. The summed E-state index contributed by atoms with van der Waals surface area (Å²) in [5.74, 6) is -0.979. The molecular weight excluding hydrogens is 341 g/mol. The number of benzene rings is 2. The first kappa shape index (κ1) is 19.0. The van der Waals surface area contributed by atoms with Crippen molar-refractivity contribution in [2.24, 2.45) is 5.10 Å². The number of hydrogen-bond donors (Lipinski definition) is 5. The minimum atomic E-state index is -0.630. The second-order valence-electron chi connectivity index (χ2n) is 5.63. The van der Waals surface area contributed by atoms with E-state index in [2.05, 4.69) is 15.8 Å². The van der Waals surface area contributed by atoms with E-state index in [4.69, 9.17) is 0 Å². The number of hydrazone groups is 1. The van der Waals surface area contributed by atoms with Crippen molar-refractivity contribution in [1.82, 2.24) is 10.7 Å². The Morgan fingerprint density at radius 2 is 1.92 bits per heavy atom. The molecule has 0 saturated carbocycles. The lowest BCUT2D eigenvalue weighted by molar-refractivity contribution is 0.241. The predicted molar refractivity (Wildman–Crippen MR) is 94.8 cm³/mol. The molecule has 0 unspecified atom stereocenters. The van der Waals surface area contributed by atoms with E-state index in [0.29, 0.717) is 28.8 Å². The minimum absolute atomic E-state index is 0.00228. The second-order valence-corrected chi connectivity index (χ2v) is 5.63. The average Bonchev–Trinajstić information content (AvgIpc) is 2.59. The van der Waals surface area contributed by atoms with Crippen LogP contribution in [0.2, 0.25) is 0 Å². The number of carbonyl (C=O) groups is 1. The van der Waals surface area contributed by atoms with Gasteiger partial charge in [0, 0.05) is 23.7 Å². The van der Waals surface area contributed by atoms with E-state index in [-0.39, 0.29) is 23.8 Å². The molecule has 0 saturated heterocycles. The fraction of sp³-hybridized carbons (Fsp3) is 0.222. The Hall–Kier alpha value is -3.29. The summed E-state index contributed by atoms with van der Waals surface area (Å²) in [5.41, 5.74) is 3.83. The van der Waals surface area contributed by atoms with Gasteiger partial charge < -0.3 is 20.6 Å². The highest BCUT2D eigenvalue weighted by Gasteiger charge is 2.13. The van der Waals surface area contributed by atoms with Gasteiger partial charge in [0.2, 0.25) is 0 Å². The topological polar surface area (TPSA) is 114 Å². The van der Waals surface area contributed by atoms with E-state index in [1.165, 1.54) is 24.3 Å². The van der Waals surface area contributed by atoms with Crippen LogP contribution >= 0.6 is 0 Å². The summed E-state index contributed by atoms with van der Waals surface area (Å²) >= 11 is 0. The van der Waals surface area contributed by atoms with E-state index in [0.717, 1.165) is 6.07 Å². The van der Waals surface area contributed by atoms with Gasteiger partial charge in [-0.25, -0.2) is 14.6 Å². The monoisotopic (exact) mass is 361 g/mol. The Morgan fingerprint density at radius 3 is 2.58 bits per heavy atom. The van der Waals surface area contributed by atoms with Gasteiger partial charge in [-0.15, -0.1) is 0 Å². The van der Waals surface area contributed by atoms with Gasteiger partial charge in [0.1, 0.15) is 23.1 Å². The predicted octanol–water partition coefficient (Wildman–Crippen LogP) is 2.86. The standard InChI is InChI=1S/C18H20FN3O4/c1-3-15(14-4-5-16(24)10(2)17(14)25)21-22-18(26)20-9-11-6-12(19)8-13(23)7-11/h4-8,23-25H,3,9H2,1-2H3,(H2,20,22,26)/b21-15+. The summed E-state index contributed by atoms with van der Waals surface area (Å²) in [6.45, 7) is 3.36. The van der Waals surface area contributed by atoms with E-state index < -0.39 is 11.8 Å². The molecule has 8 heteroatoms. The Bertz CT molecular complexity index is 832. The van der Waals surface area contributed by atoms with Crippen molar-refractivity contribution in [3.63, 3.8) is 0 Å². The van der Waals surface area contributed by atoms with Gasteiger partial charge >= 0.3 is 6.03 Å². The molecule has 0 radical (unpaired) electrons. The number of nitrogens with zero attached hydrogens (tertiary/aromatic N) is 1. The molecule has 26 heavy (non-hydrogen) atoms. The summed E-state index contributed by atoms with van der Waals surface area (Å²) in [5, 5.41) is 35.5. The highest BCUT2D eigenvalue weighted by molar-refractivity contribution is 6.03. The van der Waals surface area contributed by atoms with Gasteiger partial charge in [0.15, 0.2) is 0 Å². The lowest BCUT2D eigenvalue weighted by Crippen LogP contribution is -2.32. The number of hydrogen-bond acceptors (Lipinski definition) is 5. The van der Waals surface area contributed by atoms with Crippen molar-refractivity contribution in [2.45, 2.75) is 26.8 Å². The molecule has 0 spiro atoms. The number of aromatic hydroxyl groups is 3. The minimum Gasteiger partial charge on any atom is -0.508 e. The molecule has 0 fully saturated rings. The molecule has 2 amide bonds. The molecular formula is C18H20FN3O4. The van der Waals surface area contributed by atoms with Gasteiger partial charge in [0.25, 0.3) is 0 Å². The fourth-order valence-electron chi connectivity index (χ4n) is 2.33. The zero-order valence-corrected chi connectivity index (χ0v) is 14.4. The fourth-order valence-corrected chi connectivity index (χ4v) is 2.33. The average molecular weight is 361 g/mol. The first-order chi connectivity index (χ1) is 12.3. The van der Waals surface area contributed by atoms with Crippen LogP contribution in [0.25, 0.3) is 0 Å². The summed E-state index contributed by atoms with van der Waals surface area (Å²) in [7, 11) is 0. The van der Waals surface area contributed by atoms with E-state index in [1.54, 1.807) is 13.8 Å². The summed E-state index contributed by atoms with van der Waals surface area (Å²) < 4.78 is 13.2. The van der Waals surface area contributed by atoms with E-state index in [9.17, 15) is 24.5 Å². The smallest absolute Gasteiger partial charge is 0.335 e. The summed E-state index contributed by atoms with van der Waals surface area (Å²) in [6.07, 6.45) is 0.426. The van der Waals surface area contributed by atoms with Crippen molar-refractivity contribution in [1.29, 1.82) is 0 Å². The largest absolute Gasteiger partial charge is 0.508 e. The maximum absolute atomic E-state index is 13.2. The molecule has 0 aromatic heterocycles. The third kappa shape index (κ3) is 4.62. The van der Waals surface area contributed by atoms with Crippen molar-refractivity contribution < 1.29 is 24.5 Å². The van der Waals surface area contributed by atoms with Crippen molar-refractivity contribution in [3.05, 3.63) is 52.8 Å². The van der Waals surface area contributed by atoms with Crippen molar-refractivity contribution >= 4 is 11.7 Å². The van der Waals surface area contributed by atoms with E-state index >= 15 is 0 Å². The number of halogens is 1. The van der Waals surface area contributed by atoms with Crippen LogP contribution in [0.1, 0.15) is 30.0 Å². The molecule has 0 bridgehead atoms. The number of urea groups is 1. The van der Waals surface area contributed by atoms with Gasteiger partial charge in [-0.1, -0.05) is 6.92 Å². The number of phenolic OH excluding ortho intramolecular Hbond substituents is 3. The van der Waals surface area contributed by atoms with Crippen LogP contribution in [0.4, 0.5) is 9.18 Å². The summed E-state index contributed by atoms with van der Waals surface area (Å²) in [6, 6.07) is 5.81. The highest BCUT2D eigenvalue weighted by Crippen LogP contribution is 2.30. The Kier molecular flexibility index (Phi) is 6.00. The number of nitrogens with one attached hydrogen (secondary N) is 2. The molecule has 0 aliphatic rings.